The number of nitrogens with one attached hydrogen (secondary N) is 2. The van der Waals surface area contributed by atoms with Crippen LogP contribution in [0.15, 0.2) is 173 Å². The van der Waals surface area contributed by atoms with Crippen molar-refractivity contribution in [1.82, 2.24) is 15.2 Å². The molecule has 0 aliphatic carbocycles. The molecule has 0 spiro atoms. The van der Waals surface area contributed by atoms with Crippen molar-refractivity contribution in [1.29, 1.82) is 0 Å². The van der Waals surface area contributed by atoms with E-state index in [1.165, 1.54) is 35.1 Å². The van der Waals surface area contributed by atoms with Crippen LogP contribution in [0.5, 0.6) is 0 Å². The Hall–Kier alpha value is -6.19. The van der Waals surface area contributed by atoms with Crippen molar-refractivity contribution >= 4 is 63.5 Å². The molecule has 2 unspecified atom stereocenters. The number of aromatic nitrogens is 1. The van der Waals surface area contributed by atoms with E-state index in [1.807, 2.05) is 115 Å². The van der Waals surface area contributed by atoms with Gasteiger partial charge in [0.1, 0.15) is 35.5 Å². The number of oxime groups is 1. The molecular weight excluding hydrogens is 875 g/mol. The third-order valence-electron chi connectivity index (χ3n) is 11.7. The lowest BCUT2D eigenvalue weighted by Gasteiger charge is -2.49. The molecule has 3 aliphatic rings. The summed E-state index contributed by atoms with van der Waals surface area (Å²) in [6.07, 6.45) is 1.17. The van der Waals surface area contributed by atoms with Crippen molar-refractivity contribution in [3.63, 3.8) is 0 Å². The smallest absolute Gasteiger partial charge is 0.356 e. The maximum absolute atomic E-state index is 14.6. The molecule has 2 amide bonds. The van der Waals surface area contributed by atoms with Crippen LogP contribution in [0, 0.1) is 5.92 Å². The van der Waals surface area contributed by atoms with Crippen LogP contribution in [0.25, 0.3) is 0 Å². The van der Waals surface area contributed by atoms with Gasteiger partial charge in [-0.2, -0.15) is 0 Å². The van der Waals surface area contributed by atoms with E-state index in [0.717, 1.165) is 51.3 Å². The van der Waals surface area contributed by atoms with Crippen LogP contribution < -0.4 is 10.6 Å². The Morgan fingerprint density at radius 1 is 0.831 bits per heavy atom. The number of anilines is 1. The molecular formula is C51H47N5O6S3. The number of carbonyl (C=O) groups excluding carboxylic acids is 3. The number of thiazole rings is 1. The van der Waals surface area contributed by atoms with E-state index in [1.54, 1.807) is 17.1 Å². The van der Waals surface area contributed by atoms with Gasteiger partial charge in [-0.1, -0.05) is 157 Å². The summed E-state index contributed by atoms with van der Waals surface area (Å²) >= 11 is 4.43. The molecule has 65 heavy (non-hydrogen) atoms. The van der Waals surface area contributed by atoms with Crippen LogP contribution >= 0.6 is 34.9 Å². The molecule has 14 heteroatoms. The zero-order valence-electron chi connectivity index (χ0n) is 35.6. The van der Waals surface area contributed by atoms with Gasteiger partial charge in [-0.3, -0.25) is 14.5 Å². The van der Waals surface area contributed by atoms with Gasteiger partial charge in [-0.05, 0) is 46.6 Å². The fourth-order valence-electron chi connectivity index (χ4n) is 8.46. The fourth-order valence-corrected chi connectivity index (χ4v) is 12.0. The van der Waals surface area contributed by atoms with Gasteiger partial charge in [0, 0.05) is 35.0 Å². The Morgan fingerprint density at radius 3 is 1.91 bits per heavy atom. The van der Waals surface area contributed by atoms with Gasteiger partial charge >= 0.3 is 5.97 Å². The zero-order chi connectivity index (χ0) is 44.6. The van der Waals surface area contributed by atoms with E-state index in [4.69, 9.17) is 19.3 Å². The van der Waals surface area contributed by atoms with Crippen molar-refractivity contribution in [2.24, 2.45) is 11.1 Å². The van der Waals surface area contributed by atoms with Crippen molar-refractivity contribution in [2.45, 2.75) is 35.9 Å². The Balaban J connectivity index is 0.973. The van der Waals surface area contributed by atoms with E-state index in [2.05, 4.69) is 52.2 Å². The van der Waals surface area contributed by atoms with Crippen LogP contribution in [0.1, 0.15) is 52.5 Å². The highest BCUT2D eigenvalue weighted by atomic mass is 32.2. The molecule has 6 aromatic rings. The van der Waals surface area contributed by atoms with E-state index in [0.29, 0.717) is 30.0 Å². The number of nitrogens with zero attached hydrogens (tertiary/aromatic N) is 3. The molecule has 2 N–H and O–H groups in total. The first-order valence-electron chi connectivity index (χ1n) is 21.5. The molecule has 2 fully saturated rings. The maximum Gasteiger partial charge on any atom is 0.356 e. The second-order valence-electron chi connectivity index (χ2n) is 15.7. The van der Waals surface area contributed by atoms with Gasteiger partial charge in [0.25, 0.3) is 11.8 Å². The van der Waals surface area contributed by atoms with E-state index >= 15 is 0 Å². The number of benzene rings is 5. The number of β-lactam (4-membered cyclic amide) rings is 1. The van der Waals surface area contributed by atoms with Crippen LogP contribution in [-0.2, 0) is 34.2 Å². The van der Waals surface area contributed by atoms with Crippen molar-refractivity contribution in [2.75, 3.05) is 37.1 Å². The lowest BCUT2D eigenvalue weighted by atomic mass is 9.77. The number of rotatable bonds is 16. The first-order chi connectivity index (χ1) is 31.9. The van der Waals surface area contributed by atoms with Gasteiger partial charge in [0.05, 0.1) is 0 Å². The summed E-state index contributed by atoms with van der Waals surface area (Å²) in [4.78, 5) is 55.6. The molecule has 3 aliphatic heterocycles. The van der Waals surface area contributed by atoms with Gasteiger partial charge in [0.15, 0.2) is 16.9 Å². The number of thioether (sulfide) groups is 2. The zero-order valence-corrected chi connectivity index (χ0v) is 38.0. The fraction of sp³-hybridized carbons (Fsp3) is 0.235. The molecule has 5 aromatic carbocycles. The monoisotopic (exact) mass is 921 g/mol. The summed E-state index contributed by atoms with van der Waals surface area (Å²) in [5, 5.41) is 12.5. The molecule has 11 nitrogen and oxygen atoms in total. The minimum atomic E-state index is -0.948. The lowest BCUT2D eigenvalue weighted by molar-refractivity contribution is -0.154. The summed E-state index contributed by atoms with van der Waals surface area (Å²) in [6, 6.07) is 48.7. The minimum Gasteiger partial charge on any atom is -0.448 e. The molecule has 2 saturated heterocycles. The first-order valence-corrected chi connectivity index (χ1v) is 24.4. The Morgan fingerprint density at radius 2 is 1.37 bits per heavy atom. The maximum atomic E-state index is 14.6. The average Bonchev–Trinajstić information content (AvgIpc) is 3.84. The second kappa shape index (κ2) is 20.3. The Labute approximate surface area is 390 Å². The van der Waals surface area contributed by atoms with Gasteiger partial charge in [-0.15, -0.1) is 34.9 Å². The summed E-state index contributed by atoms with van der Waals surface area (Å²) in [6.45, 7) is 1.42. The largest absolute Gasteiger partial charge is 0.448 e. The molecule has 330 valence electrons. The lowest BCUT2D eigenvalue weighted by Crippen LogP contribution is -2.71. The van der Waals surface area contributed by atoms with Crippen molar-refractivity contribution in [3.05, 3.63) is 201 Å². The van der Waals surface area contributed by atoms with Gasteiger partial charge in [0.2, 0.25) is 0 Å². The van der Waals surface area contributed by atoms with Gasteiger partial charge < -0.3 is 24.9 Å². The first kappa shape index (κ1) is 44.0. The Bertz CT molecular complexity index is 2510. The second-order valence-corrected chi connectivity index (χ2v) is 18.8. The molecule has 2 atom stereocenters. The number of ether oxygens (including phenoxy) is 2. The summed E-state index contributed by atoms with van der Waals surface area (Å²) in [5.41, 5.74) is 4.14. The van der Waals surface area contributed by atoms with Crippen molar-refractivity contribution in [3.8, 4) is 0 Å². The summed E-state index contributed by atoms with van der Waals surface area (Å²) in [7, 11) is 1.36. The molecule has 4 heterocycles. The summed E-state index contributed by atoms with van der Waals surface area (Å²) < 4.78 is 12.0. The SMILES string of the molecule is CO/N=C(\C(=O)NC1C(=O)N2C(C(=O)OC(c3ccccc3)c3ccccc3)=C(SCC3CCOCC3)CSC12)c1csc(NC(c2ccccc2)(c2ccccc2)c2ccccc2)n1. The van der Waals surface area contributed by atoms with Crippen molar-refractivity contribution < 1.29 is 28.7 Å². The highest BCUT2D eigenvalue weighted by Crippen LogP contribution is 2.46. The van der Waals surface area contributed by atoms with E-state index in [-0.39, 0.29) is 17.1 Å². The molecule has 0 bridgehead atoms. The Kier molecular flexibility index (Phi) is 13.8. The number of hydrogen-bond donors (Lipinski definition) is 2. The predicted octanol–water partition coefficient (Wildman–Crippen LogP) is 9.00. The van der Waals surface area contributed by atoms with Crippen LogP contribution in [-0.4, -0.2) is 76.6 Å². The normalized spacial score (nSPS) is 17.8. The third-order valence-corrected chi connectivity index (χ3v) is 15.3. The molecule has 9 rings (SSSR count). The van der Waals surface area contributed by atoms with E-state index < -0.39 is 40.8 Å². The van der Waals surface area contributed by atoms with Crippen LogP contribution in [0.4, 0.5) is 5.13 Å². The molecule has 0 radical (unpaired) electrons. The number of amides is 2. The van der Waals surface area contributed by atoms with Gasteiger partial charge in [-0.25, -0.2) is 9.78 Å². The predicted molar refractivity (Wildman–Crippen MR) is 257 cm³/mol. The number of esters is 1. The quantitative estimate of drug-likeness (QED) is 0.0319. The standard InChI is InChI=1S/C51H47N5O6S3/c1-60-55-42(40-32-65-50(52-40)54-51(37-21-11-4-12-22-37,38-23-13-5-14-24-38)39-25-15-6-16-26-39)46(57)53-43-47(58)56-44(41(33-64-48(43)56)63-31-34-27-29-61-30-28-34)49(59)62-45(35-17-7-2-8-18-35)36-19-9-3-10-20-36/h2-26,32,34,43,45,48H,27-31,33H2,1H3,(H,52,54)(H,53,57)/b55-42-. The average molecular weight is 922 g/mol. The van der Waals surface area contributed by atoms with Crippen LogP contribution in [0.3, 0.4) is 0 Å². The third kappa shape index (κ3) is 9.35. The van der Waals surface area contributed by atoms with E-state index in [9.17, 15) is 14.4 Å². The topological polar surface area (TPSA) is 131 Å². The molecule has 0 saturated carbocycles. The van der Waals surface area contributed by atoms with Crippen LogP contribution in [0.2, 0.25) is 0 Å². The number of carbonyl (C=O) groups is 3. The minimum absolute atomic E-state index is 0.0926. The highest BCUT2D eigenvalue weighted by Gasteiger charge is 2.55. The summed E-state index contributed by atoms with van der Waals surface area (Å²) in [5.74, 6) is 0.0264. The molecule has 1 aromatic heterocycles. The highest BCUT2D eigenvalue weighted by molar-refractivity contribution is 8.06. The number of fused-ring (bicyclic) bond motifs is 1. The number of hydrogen-bond acceptors (Lipinski definition) is 12.